The molecule has 1 aliphatic carbocycles. The van der Waals surface area contributed by atoms with E-state index in [1.807, 2.05) is 31.2 Å². The highest BCUT2D eigenvalue weighted by Crippen LogP contribution is 2.45. The Morgan fingerprint density at radius 2 is 1.84 bits per heavy atom. The molecular weight excluding hydrogens is 491 g/mol. The smallest absolute Gasteiger partial charge is 0.226 e. The summed E-state index contributed by atoms with van der Waals surface area (Å²) in [6.45, 7) is 7.19. The Balaban J connectivity index is 1.33. The van der Waals surface area contributed by atoms with Gasteiger partial charge in [0.05, 0.1) is 5.56 Å². The van der Waals surface area contributed by atoms with Gasteiger partial charge in [-0.2, -0.15) is 0 Å². The molecule has 0 unspecified atom stereocenters. The van der Waals surface area contributed by atoms with E-state index in [1.165, 1.54) is 12.1 Å². The van der Waals surface area contributed by atoms with Crippen LogP contribution in [-0.4, -0.2) is 59.1 Å². The van der Waals surface area contributed by atoms with Gasteiger partial charge >= 0.3 is 0 Å². The predicted octanol–water partition coefficient (Wildman–Crippen LogP) is 5.78. The molecule has 0 bridgehead atoms. The molecule has 1 amide bonds. The lowest BCUT2D eigenvalue weighted by Gasteiger charge is -2.44. The summed E-state index contributed by atoms with van der Waals surface area (Å²) in [6, 6.07) is 8.88. The van der Waals surface area contributed by atoms with Gasteiger partial charge in [-0.3, -0.25) is 9.69 Å². The van der Waals surface area contributed by atoms with E-state index in [0.29, 0.717) is 25.3 Å². The van der Waals surface area contributed by atoms with Crippen molar-refractivity contribution >= 4 is 16.8 Å². The summed E-state index contributed by atoms with van der Waals surface area (Å²) >= 11 is 0. The Morgan fingerprint density at radius 1 is 1.13 bits per heavy atom. The van der Waals surface area contributed by atoms with Gasteiger partial charge in [0.25, 0.3) is 0 Å². The Morgan fingerprint density at radius 3 is 2.53 bits per heavy atom. The topological polar surface area (TPSA) is 48.6 Å². The summed E-state index contributed by atoms with van der Waals surface area (Å²) in [5, 5.41) is 0.982. The molecule has 2 atom stereocenters. The molecule has 202 valence electrons. The molecule has 0 spiro atoms. The van der Waals surface area contributed by atoms with Gasteiger partial charge in [-0.25, -0.2) is 13.2 Å². The average Bonchev–Trinajstić information content (AvgIpc) is 3.21. The van der Waals surface area contributed by atoms with Crippen LogP contribution >= 0.6 is 0 Å². The minimum absolute atomic E-state index is 0.134. The third-order valence-electron chi connectivity index (χ3n) is 8.67. The maximum atomic E-state index is 15.8. The van der Waals surface area contributed by atoms with Crippen LogP contribution in [0.1, 0.15) is 56.0 Å². The highest BCUT2D eigenvalue weighted by molar-refractivity contribution is 5.87. The number of carbonyl (C=O) groups excluding carboxylic acids is 1. The number of alkyl halides is 1. The molecular formula is C30H34F3N3O2. The number of nitrogens with one attached hydrogen (secondary N) is 1. The molecule has 38 heavy (non-hydrogen) atoms. The summed E-state index contributed by atoms with van der Waals surface area (Å²) in [4.78, 5) is 20.8. The molecule has 1 N–H and O–H groups in total. The third-order valence-corrected chi connectivity index (χ3v) is 8.67. The number of carbonyl (C=O) groups is 1. The molecule has 2 aliphatic heterocycles. The molecule has 1 saturated heterocycles. The molecule has 5 nitrogen and oxygen atoms in total. The van der Waals surface area contributed by atoms with E-state index in [-0.39, 0.29) is 36.1 Å². The molecule has 2 fully saturated rings. The molecule has 1 aromatic heterocycles. The zero-order valence-corrected chi connectivity index (χ0v) is 21.9. The van der Waals surface area contributed by atoms with Gasteiger partial charge in [0, 0.05) is 60.3 Å². The van der Waals surface area contributed by atoms with Gasteiger partial charge in [-0.05, 0) is 43.7 Å². The van der Waals surface area contributed by atoms with E-state index in [2.05, 4.69) is 16.8 Å². The van der Waals surface area contributed by atoms with Crippen molar-refractivity contribution in [2.75, 3.05) is 26.2 Å². The largest absolute Gasteiger partial charge is 0.492 e. The van der Waals surface area contributed by atoms with Crippen molar-refractivity contribution in [2.45, 2.75) is 57.8 Å². The number of halogens is 3. The highest BCUT2D eigenvalue weighted by Gasteiger charge is 2.46. The van der Waals surface area contributed by atoms with Crippen LogP contribution in [0.25, 0.3) is 10.9 Å². The number of aromatic nitrogens is 1. The monoisotopic (exact) mass is 525 g/mol. The van der Waals surface area contributed by atoms with E-state index in [9.17, 15) is 9.18 Å². The minimum Gasteiger partial charge on any atom is -0.492 e. The van der Waals surface area contributed by atoms with Crippen molar-refractivity contribution in [3.63, 3.8) is 0 Å². The van der Waals surface area contributed by atoms with Crippen LogP contribution in [0.15, 0.2) is 36.4 Å². The van der Waals surface area contributed by atoms with E-state index < -0.39 is 29.8 Å². The summed E-state index contributed by atoms with van der Waals surface area (Å²) in [6.07, 6.45) is 1.01. The van der Waals surface area contributed by atoms with Crippen LogP contribution in [0.2, 0.25) is 0 Å². The van der Waals surface area contributed by atoms with E-state index in [0.717, 1.165) is 41.9 Å². The number of fused-ring (bicyclic) bond motifs is 3. The Bertz CT molecular complexity index is 1320. The van der Waals surface area contributed by atoms with Crippen LogP contribution in [0.5, 0.6) is 5.75 Å². The first-order chi connectivity index (χ1) is 18.3. The minimum atomic E-state index is -1.000. The number of benzene rings is 2. The number of hydrogen-bond donors (Lipinski definition) is 1. The molecule has 3 aliphatic rings. The first kappa shape index (κ1) is 25.3. The van der Waals surface area contributed by atoms with E-state index in [4.69, 9.17) is 4.74 Å². The van der Waals surface area contributed by atoms with Crippen molar-refractivity contribution in [1.29, 1.82) is 0 Å². The summed E-state index contributed by atoms with van der Waals surface area (Å²) in [5.41, 5.74) is 2.24. The molecule has 2 aromatic carbocycles. The predicted molar refractivity (Wildman–Crippen MR) is 140 cm³/mol. The molecule has 6 rings (SSSR count). The first-order valence-electron chi connectivity index (χ1n) is 13.7. The fraction of sp³-hybridized carbons (Fsp3) is 0.500. The van der Waals surface area contributed by atoms with Crippen molar-refractivity contribution < 1.29 is 22.7 Å². The van der Waals surface area contributed by atoms with Gasteiger partial charge in [0.1, 0.15) is 36.2 Å². The van der Waals surface area contributed by atoms with Gasteiger partial charge < -0.3 is 14.6 Å². The molecule has 1 saturated carbocycles. The number of rotatable bonds is 7. The second-order valence-corrected chi connectivity index (χ2v) is 11.2. The zero-order chi connectivity index (χ0) is 26.6. The maximum Gasteiger partial charge on any atom is 0.226 e. The average molecular weight is 526 g/mol. The number of ether oxygens (including phenoxy) is 1. The molecule has 0 radical (unpaired) electrons. The van der Waals surface area contributed by atoms with Crippen molar-refractivity contribution in [2.24, 2.45) is 11.8 Å². The van der Waals surface area contributed by atoms with Gasteiger partial charge in [0.15, 0.2) is 0 Å². The lowest BCUT2D eigenvalue weighted by molar-refractivity contribution is -0.145. The van der Waals surface area contributed by atoms with Gasteiger partial charge in [-0.1, -0.05) is 31.5 Å². The van der Waals surface area contributed by atoms with Crippen molar-refractivity contribution in [3.05, 3.63) is 64.9 Å². The fourth-order valence-corrected chi connectivity index (χ4v) is 6.37. The van der Waals surface area contributed by atoms with Crippen molar-refractivity contribution in [1.82, 2.24) is 14.8 Å². The Kier molecular flexibility index (Phi) is 6.62. The molecule has 3 heterocycles. The van der Waals surface area contributed by atoms with E-state index >= 15 is 8.78 Å². The third kappa shape index (κ3) is 4.36. The van der Waals surface area contributed by atoms with Gasteiger partial charge in [-0.15, -0.1) is 0 Å². The lowest BCUT2D eigenvalue weighted by Crippen LogP contribution is -2.51. The molecule has 3 aromatic rings. The SMILES string of the molecule is CCC1CN(CCOc2cc(F)c([C@@H]3c4[nH]c5ccccc5c4C[C@@H](C)N3C(=O)C3CC(F)C3)c(F)c2)C1. The molecule has 8 heteroatoms. The lowest BCUT2D eigenvalue weighted by atomic mass is 9.80. The van der Waals surface area contributed by atoms with Crippen LogP contribution in [-0.2, 0) is 11.2 Å². The summed E-state index contributed by atoms with van der Waals surface area (Å²) < 4.78 is 51.0. The Labute approximate surface area is 220 Å². The summed E-state index contributed by atoms with van der Waals surface area (Å²) in [7, 11) is 0. The highest BCUT2D eigenvalue weighted by atomic mass is 19.1. The zero-order valence-electron chi connectivity index (χ0n) is 21.9. The first-order valence-corrected chi connectivity index (χ1v) is 13.7. The van der Waals surface area contributed by atoms with Crippen LogP contribution in [0, 0.1) is 23.5 Å². The number of amides is 1. The number of aromatic amines is 1. The maximum absolute atomic E-state index is 15.8. The number of nitrogens with zero attached hydrogens (tertiary/aromatic N) is 2. The fourth-order valence-electron chi connectivity index (χ4n) is 6.37. The van der Waals surface area contributed by atoms with E-state index in [1.54, 1.807) is 4.90 Å². The van der Waals surface area contributed by atoms with Crippen molar-refractivity contribution in [3.8, 4) is 5.75 Å². The second-order valence-electron chi connectivity index (χ2n) is 11.2. The standard InChI is InChI=1S/C30H34F3N3O2/c1-3-18-15-35(16-18)8-9-38-21-13-24(32)27(25(33)14-21)29-28-23(22-6-4-5-7-26(22)34-28)10-17(2)36(29)30(37)19-11-20(31)12-19/h4-7,13-14,17-20,29,34H,3,8-12,15-16H2,1-2H3/t17-,19?,20?,29-/m1/s1. The number of H-pyrrole nitrogens is 1. The van der Waals surface area contributed by atoms with Crippen LogP contribution in [0.4, 0.5) is 13.2 Å². The quantitative estimate of drug-likeness (QED) is 0.426. The van der Waals surface area contributed by atoms with Crippen LogP contribution in [0.3, 0.4) is 0 Å². The van der Waals surface area contributed by atoms with Gasteiger partial charge in [0.2, 0.25) is 5.91 Å². The van der Waals surface area contributed by atoms with Crippen LogP contribution < -0.4 is 4.74 Å². The normalized spacial score (nSPS) is 25.7. The Hall–Kier alpha value is -3.00. The second kappa shape index (κ2) is 9.95. The summed E-state index contributed by atoms with van der Waals surface area (Å²) in [5.74, 6) is -1.38. The number of likely N-dealkylation sites (tertiary alicyclic amines) is 1. The number of hydrogen-bond acceptors (Lipinski definition) is 3. The number of para-hydroxylation sites is 1.